The fourth-order valence-electron chi connectivity index (χ4n) is 2.77. The number of benzene rings is 2. The van der Waals surface area contributed by atoms with E-state index in [1.807, 2.05) is 6.92 Å². The molecule has 8 heteroatoms. The van der Waals surface area contributed by atoms with Gasteiger partial charge in [-0.25, -0.2) is 13.2 Å². The number of aromatic nitrogens is 1. The summed E-state index contributed by atoms with van der Waals surface area (Å²) in [5, 5.41) is 0. The van der Waals surface area contributed by atoms with Crippen molar-refractivity contribution < 1.29 is 17.6 Å². The molecule has 0 fully saturated rings. The summed E-state index contributed by atoms with van der Waals surface area (Å²) >= 11 is 0. The number of nitrogens with one attached hydrogen (secondary N) is 1. The van der Waals surface area contributed by atoms with Crippen LogP contribution in [0.15, 0.2) is 44.4 Å². The van der Waals surface area contributed by atoms with E-state index in [-0.39, 0.29) is 4.90 Å². The first-order valence-electron chi connectivity index (χ1n) is 8.09. The van der Waals surface area contributed by atoms with Gasteiger partial charge in [0.05, 0.1) is 22.7 Å². The third-order valence-electron chi connectivity index (χ3n) is 4.11. The molecule has 2 aromatic carbocycles. The van der Waals surface area contributed by atoms with Crippen molar-refractivity contribution >= 4 is 26.8 Å². The summed E-state index contributed by atoms with van der Waals surface area (Å²) in [5.74, 6) is 0.161. The first-order chi connectivity index (χ1) is 12.2. The van der Waals surface area contributed by atoms with Gasteiger partial charge in [-0.15, -0.1) is 0 Å². The molecular weight excluding hydrogens is 356 g/mol. The number of hydrogen-bond donors (Lipinski definition) is 1. The number of nitrogens with zero attached hydrogens (tertiary/aromatic N) is 1. The normalized spacial score (nSPS) is 11.7. The van der Waals surface area contributed by atoms with Crippen LogP contribution >= 0.6 is 0 Å². The van der Waals surface area contributed by atoms with Crippen molar-refractivity contribution in [3.05, 3.63) is 52.0 Å². The molecular formula is C18H20N2O5S. The Morgan fingerprint density at radius 2 is 1.88 bits per heavy atom. The average Bonchev–Trinajstić information content (AvgIpc) is 2.84. The van der Waals surface area contributed by atoms with E-state index in [4.69, 9.17) is 9.15 Å². The van der Waals surface area contributed by atoms with Crippen LogP contribution in [0.1, 0.15) is 18.1 Å². The highest BCUT2D eigenvalue weighted by molar-refractivity contribution is 7.92. The Morgan fingerprint density at radius 3 is 2.58 bits per heavy atom. The summed E-state index contributed by atoms with van der Waals surface area (Å²) in [6.07, 6.45) is 0. The van der Waals surface area contributed by atoms with Crippen LogP contribution in [0, 0.1) is 13.8 Å². The van der Waals surface area contributed by atoms with Crippen LogP contribution in [0.5, 0.6) is 5.75 Å². The highest BCUT2D eigenvalue weighted by Gasteiger charge is 2.20. The standard InChI is InChI=1S/C18H20N2O5S/c1-5-24-15-8-12(3)17(9-11(15)2)26(22,23)19-13-6-7-14-16(10-13)25-18(21)20(14)4/h6-10,19H,5H2,1-4H3. The van der Waals surface area contributed by atoms with Gasteiger partial charge in [-0.3, -0.25) is 9.29 Å². The Bertz CT molecular complexity index is 1140. The largest absolute Gasteiger partial charge is 0.494 e. The topological polar surface area (TPSA) is 90.5 Å². The number of anilines is 1. The SMILES string of the molecule is CCOc1cc(C)c(S(=O)(=O)Nc2ccc3c(c2)oc(=O)n3C)cc1C. The van der Waals surface area contributed by atoms with Gasteiger partial charge in [0, 0.05) is 13.1 Å². The van der Waals surface area contributed by atoms with Crippen LogP contribution in [0.2, 0.25) is 0 Å². The first-order valence-corrected chi connectivity index (χ1v) is 9.57. The predicted octanol–water partition coefficient (Wildman–Crippen LogP) is 2.95. The molecule has 0 unspecified atom stereocenters. The average molecular weight is 376 g/mol. The molecule has 0 aliphatic rings. The van der Waals surface area contributed by atoms with Crippen LogP contribution in [0.3, 0.4) is 0 Å². The van der Waals surface area contributed by atoms with Crippen molar-refractivity contribution in [1.82, 2.24) is 4.57 Å². The molecule has 0 saturated carbocycles. The van der Waals surface area contributed by atoms with E-state index in [1.54, 1.807) is 45.2 Å². The minimum absolute atomic E-state index is 0.174. The number of rotatable bonds is 5. The van der Waals surface area contributed by atoms with Crippen molar-refractivity contribution in [2.75, 3.05) is 11.3 Å². The van der Waals surface area contributed by atoms with E-state index >= 15 is 0 Å². The van der Waals surface area contributed by atoms with Crippen molar-refractivity contribution in [2.45, 2.75) is 25.7 Å². The lowest BCUT2D eigenvalue weighted by Crippen LogP contribution is -2.15. The van der Waals surface area contributed by atoms with Crippen molar-refractivity contribution in [2.24, 2.45) is 7.05 Å². The van der Waals surface area contributed by atoms with Gasteiger partial charge in [0.2, 0.25) is 0 Å². The molecule has 0 aliphatic heterocycles. The number of hydrogen-bond acceptors (Lipinski definition) is 5. The second kappa shape index (κ2) is 6.53. The van der Waals surface area contributed by atoms with Crippen LogP contribution in [-0.4, -0.2) is 19.6 Å². The highest BCUT2D eigenvalue weighted by Crippen LogP contribution is 2.28. The van der Waals surface area contributed by atoms with Crippen molar-refractivity contribution in [1.29, 1.82) is 0 Å². The molecule has 0 radical (unpaired) electrons. The summed E-state index contributed by atoms with van der Waals surface area (Å²) in [5.41, 5.74) is 2.54. The third-order valence-corrected chi connectivity index (χ3v) is 5.63. The molecule has 0 atom stereocenters. The van der Waals surface area contributed by atoms with E-state index in [2.05, 4.69) is 4.72 Å². The summed E-state index contributed by atoms with van der Waals surface area (Å²) in [7, 11) is -2.21. The number of oxazole rings is 1. The number of ether oxygens (including phenoxy) is 1. The zero-order chi connectivity index (χ0) is 19.1. The summed E-state index contributed by atoms with van der Waals surface area (Å²) in [4.78, 5) is 11.7. The maximum absolute atomic E-state index is 12.8. The van der Waals surface area contributed by atoms with Crippen LogP contribution in [0.25, 0.3) is 11.1 Å². The van der Waals surface area contributed by atoms with E-state index in [9.17, 15) is 13.2 Å². The maximum atomic E-state index is 12.8. The fourth-order valence-corrected chi connectivity index (χ4v) is 4.13. The number of fused-ring (bicyclic) bond motifs is 1. The molecule has 1 N–H and O–H groups in total. The highest BCUT2D eigenvalue weighted by atomic mass is 32.2. The zero-order valence-corrected chi connectivity index (χ0v) is 15.8. The first kappa shape index (κ1) is 18.1. The number of aryl methyl sites for hydroxylation is 3. The lowest BCUT2D eigenvalue weighted by Gasteiger charge is -2.14. The van der Waals surface area contributed by atoms with E-state index in [1.165, 1.54) is 10.6 Å². The maximum Gasteiger partial charge on any atom is 0.419 e. The number of sulfonamides is 1. The van der Waals surface area contributed by atoms with Gasteiger partial charge >= 0.3 is 5.76 Å². The summed E-state index contributed by atoms with van der Waals surface area (Å²) in [6.45, 7) is 5.90. The van der Waals surface area contributed by atoms with Gasteiger partial charge in [0.25, 0.3) is 10.0 Å². The van der Waals surface area contributed by atoms with Crippen LogP contribution in [0.4, 0.5) is 5.69 Å². The van der Waals surface area contributed by atoms with E-state index < -0.39 is 15.8 Å². The van der Waals surface area contributed by atoms with Gasteiger partial charge < -0.3 is 9.15 Å². The van der Waals surface area contributed by atoms with Gasteiger partial charge in [0.1, 0.15) is 5.75 Å². The molecule has 1 aromatic heterocycles. The molecule has 3 rings (SSSR count). The molecule has 1 heterocycles. The van der Waals surface area contributed by atoms with Gasteiger partial charge in [0.15, 0.2) is 5.58 Å². The van der Waals surface area contributed by atoms with Crippen molar-refractivity contribution in [3.8, 4) is 5.75 Å². The predicted molar refractivity (Wildman–Crippen MR) is 99.3 cm³/mol. The second-order valence-electron chi connectivity index (χ2n) is 6.03. The molecule has 0 saturated heterocycles. The molecule has 7 nitrogen and oxygen atoms in total. The van der Waals surface area contributed by atoms with Crippen LogP contribution < -0.4 is 15.2 Å². The third kappa shape index (κ3) is 3.20. The zero-order valence-electron chi connectivity index (χ0n) is 15.0. The minimum Gasteiger partial charge on any atom is -0.494 e. The Labute approximate surface area is 151 Å². The Kier molecular flexibility index (Phi) is 4.53. The lowest BCUT2D eigenvalue weighted by atomic mass is 10.1. The van der Waals surface area contributed by atoms with Gasteiger partial charge in [-0.2, -0.15) is 0 Å². The monoisotopic (exact) mass is 376 g/mol. The molecule has 3 aromatic rings. The van der Waals surface area contributed by atoms with E-state index in [0.717, 1.165) is 5.56 Å². The van der Waals surface area contributed by atoms with Crippen LogP contribution in [-0.2, 0) is 17.1 Å². The fraction of sp³-hybridized carbons (Fsp3) is 0.278. The molecule has 26 heavy (non-hydrogen) atoms. The molecule has 0 bridgehead atoms. The summed E-state index contributed by atoms with van der Waals surface area (Å²) in [6, 6.07) is 8.02. The molecule has 0 spiro atoms. The Morgan fingerprint density at radius 1 is 1.15 bits per heavy atom. The quantitative estimate of drug-likeness (QED) is 0.739. The second-order valence-corrected chi connectivity index (χ2v) is 7.68. The van der Waals surface area contributed by atoms with Gasteiger partial charge in [-0.05, 0) is 56.2 Å². The molecule has 0 amide bonds. The molecule has 0 aliphatic carbocycles. The summed E-state index contributed by atoms with van der Waals surface area (Å²) < 4.78 is 40.1. The Hall–Kier alpha value is -2.74. The van der Waals surface area contributed by atoms with E-state index in [0.29, 0.717) is 34.7 Å². The molecule has 138 valence electrons. The smallest absolute Gasteiger partial charge is 0.419 e. The Balaban J connectivity index is 1.99. The van der Waals surface area contributed by atoms with Gasteiger partial charge in [-0.1, -0.05) is 0 Å². The van der Waals surface area contributed by atoms with Crippen molar-refractivity contribution in [3.63, 3.8) is 0 Å². The minimum atomic E-state index is -3.80. The lowest BCUT2D eigenvalue weighted by molar-refractivity contribution is 0.337.